The third kappa shape index (κ3) is 5.09. The molecule has 2 atom stereocenters. The number of Topliss-reactive ketones (excluding diaryl/α,β-unsaturated/α-hetero) is 1. The van der Waals surface area contributed by atoms with E-state index in [4.69, 9.17) is 0 Å². The predicted molar refractivity (Wildman–Crippen MR) is 136 cm³/mol. The van der Waals surface area contributed by atoms with E-state index < -0.39 is 5.66 Å². The summed E-state index contributed by atoms with van der Waals surface area (Å²) in [6, 6.07) is 11.2. The van der Waals surface area contributed by atoms with Gasteiger partial charge in [-0.3, -0.25) is 14.5 Å². The summed E-state index contributed by atoms with van der Waals surface area (Å²) in [5, 5.41) is 9.97. The van der Waals surface area contributed by atoms with E-state index in [0.717, 1.165) is 38.5 Å². The van der Waals surface area contributed by atoms with Gasteiger partial charge in [-0.15, -0.1) is 0 Å². The summed E-state index contributed by atoms with van der Waals surface area (Å²) >= 11 is 0. The van der Waals surface area contributed by atoms with Gasteiger partial charge in [0.2, 0.25) is 5.91 Å². The summed E-state index contributed by atoms with van der Waals surface area (Å²) in [7, 11) is 3.76. The van der Waals surface area contributed by atoms with Gasteiger partial charge >= 0.3 is 0 Å². The van der Waals surface area contributed by atoms with Crippen LogP contribution in [0.2, 0.25) is 0 Å². The van der Waals surface area contributed by atoms with Crippen molar-refractivity contribution in [1.29, 1.82) is 0 Å². The molecular weight excluding hydrogens is 424 g/mol. The van der Waals surface area contributed by atoms with Crippen molar-refractivity contribution >= 4 is 11.7 Å². The predicted octanol–water partition coefficient (Wildman–Crippen LogP) is 3.26. The first-order chi connectivity index (χ1) is 16.4. The fourth-order valence-electron chi connectivity index (χ4n) is 7.15. The van der Waals surface area contributed by atoms with Crippen molar-refractivity contribution in [3.05, 3.63) is 35.9 Å². The van der Waals surface area contributed by atoms with Gasteiger partial charge in [-0.05, 0) is 91.0 Å². The lowest BCUT2D eigenvalue weighted by Gasteiger charge is -2.55. The van der Waals surface area contributed by atoms with Crippen LogP contribution in [0.15, 0.2) is 30.3 Å². The Kier molecular flexibility index (Phi) is 8.11. The zero-order valence-corrected chi connectivity index (χ0v) is 21.4. The van der Waals surface area contributed by atoms with E-state index in [1.54, 1.807) is 6.92 Å². The average molecular weight is 469 g/mol. The first-order valence-electron chi connectivity index (χ1n) is 13.4. The number of piperidine rings is 1. The molecule has 3 aliphatic rings. The van der Waals surface area contributed by atoms with Crippen LogP contribution in [-0.4, -0.2) is 61.0 Å². The lowest BCUT2D eigenvalue weighted by atomic mass is 9.61. The molecule has 0 spiro atoms. The van der Waals surface area contributed by atoms with E-state index in [1.807, 2.05) is 14.1 Å². The molecular formula is C28H44N4O2. The fourth-order valence-corrected chi connectivity index (χ4v) is 7.15. The van der Waals surface area contributed by atoms with Gasteiger partial charge in [0.25, 0.3) is 0 Å². The Hall–Kier alpha value is -1.76. The molecule has 1 amide bonds. The monoisotopic (exact) mass is 468 g/mol. The summed E-state index contributed by atoms with van der Waals surface area (Å²) in [6.45, 7) is 4.06. The maximum atomic E-state index is 13.0. The Balaban J connectivity index is 1.35. The Labute approximate surface area is 205 Å². The number of rotatable bonds is 9. The van der Waals surface area contributed by atoms with E-state index >= 15 is 0 Å². The fraction of sp³-hybridized carbons (Fsp3) is 0.714. The van der Waals surface area contributed by atoms with Gasteiger partial charge in [-0.25, -0.2) is 0 Å². The number of likely N-dealkylation sites (tertiary alicyclic amines) is 1. The molecule has 3 fully saturated rings. The second-order valence-electron chi connectivity index (χ2n) is 10.9. The highest BCUT2D eigenvalue weighted by Gasteiger charge is 2.55. The van der Waals surface area contributed by atoms with E-state index in [0.29, 0.717) is 6.42 Å². The van der Waals surface area contributed by atoms with Crippen LogP contribution in [0.3, 0.4) is 0 Å². The van der Waals surface area contributed by atoms with Crippen LogP contribution < -0.4 is 16.0 Å². The third-order valence-corrected chi connectivity index (χ3v) is 9.15. The number of carbonyl (C=O) groups is 2. The molecule has 2 aliphatic carbocycles. The lowest BCUT2D eigenvalue weighted by molar-refractivity contribution is -0.140. The van der Waals surface area contributed by atoms with Gasteiger partial charge in [0, 0.05) is 29.8 Å². The Morgan fingerprint density at radius 3 is 2.24 bits per heavy atom. The summed E-state index contributed by atoms with van der Waals surface area (Å²) in [6.07, 6.45) is 10.7. The van der Waals surface area contributed by atoms with Crippen molar-refractivity contribution in [1.82, 2.24) is 20.9 Å². The van der Waals surface area contributed by atoms with Crippen molar-refractivity contribution in [2.24, 2.45) is 11.8 Å². The number of benzene rings is 1. The number of nitrogens with one attached hydrogen (secondary N) is 3. The normalized spacial score (nSPS) is 31.4. The number of amides is 1. The number of carbonyl (C=O) groups excluding carboxylic acids is 2. The maximum absolute atomic E-state index is 13.0. The minimum Gasteiger partial charge on any atom is -0.353 e. The summed E-state index contributed by atoms with van der Waals surface area (Å²) in [4.78, 5) is 27.8. The first-order valence-corrected chi connectivity index (χ1v) is 13.4. The smallest absolute Gasteiger partial charge is 0.220 e. The van der Waals surface area contributed by atoms with Crippen LogP contribution in [0.4, 0.5) is 0 Å². The van der Waals surface area contributed by atoms with Gasteiger partial charge in [-0.2, -0.15) is 0 Å². The van der Waals surface area contributed by atoms with Crippen molar-refractivity contribution in [2.75, 3.05) is 27.2 Å². The molecule has 2 unspecified atom stereocenters. The highest BCUT2D eigenvalue weighted by atomic mass is 16.1. The third-order valence-electron chi connectivity index (χ3n) is 9.15. The number of ketones is 1. The standard InChI is InChI=1S/C28H44N4O2/c1-21(33)25-18-23(28(25,29-2)30-3)19-26(34)31-24-12-14-27(15-13-24,32-16-8-5-9-17-32)20-22-10-6-4-7-11-22/h4,6-7,10-11,23-25,29-30H,5,8-9,12-20H2,1-3H3,(H,31,34). The van der Waals surface area contributed by atoms with Crippen LogP contribution >= 0.6 is 0 Å². The van der Waals surface area contributed by atoms with E-state index in [9.17, 15) is 9.59 Å². The molecule has 1 aliphatic heterocycles. The molecule has 1 aromatic carbocycles. The molecule has 1 heterocycles. The second kappa shape index (κ2) is 10.9. The molecule has 1 aromatic rings. The quantitative estimate of drug-likeness (QED) is 0.485. The largest absolute Gasteiger partial charge is 0.353 e. The summed E-state index contributed by atoms with van der Waals surface area (Å²) in [5.41, 5.74) is 1.18. The second-order valence-corrected chi connectivity index (χ2v) is 10.9. The van der Waals surface area contributed by atoms with Gasteiger partial charge < -0.3 is 16.0 Å². The maximum Gasteiger partial charge on any atom is 0.220 e. The van der Waals surface area contributed by atoms with E-state index in [-0.39, 0.29) is 35.1 Å². The Morgan fingerprint density at radius 1 is 1.00 bits per heavy atom. The molecule has 2 saturated carbocycles. The Morgan fingerprint density at radius 2 is 1.65 bits per heavy atom. The van der Waals surface area contributed by atoms with E-state index in [1.165, 1.54) is 37.9 Å². The summed E-state index contributed by atoms with van der Waals surface area (Å²) < 4.78 is 0. The van der Waals surface area contributed by atoms with Gasteiger partial charge in [0.05, 0.1) is 5.66 Å². The Bertz CT molecular complexity index is 824. The molecule has 1 saturated heterocycles. The molecule has 3 N–H and O–H groups in total. The zero-order valence-electron chi connectivity index (χ0n) is 21.4. The number of hydrogen-bond acceptors (Lipinski definition) is 5. The highest BCUT2D eigenvalue weighted by molar-refractivity contribution is 5.82. The molecule has 0 radical (unpaired) electrons. The number of hydrogen-bond donors (Lipinski definition) is 3. The van der Waals surface area contributed by atoms with Crippen LogP contribution in [0.25, 0.3) is 0 Å². The minimum absolute atomic E-state index is 0.0712. The molecule has 0 bridgehead atoms. The van der Waals surface area contributed by atoms with Gasteiger partial charge in [0.1, 0.15) is 5.78 Å². The minimum atomic E-state index is -0.463. The average Bonchev–Trinajstić information content (AvgIpc) is 2.85. The van der Waals surface area contributed by atoms with Crippen LogP contribution in [-0.2, 0) is 16.0 Å². The van der Waals surface area contributed by atoms with Crippen LogP contribution in [0.1, 0.15) is 70.3 Å². The van der Waals surface area contributed by atoms with Crippen LogP contribution in [0, 0.1) is 11.8 Å². The SMILES string of the molecule is CNC1(NC)C(CC(=O)NC2CCC(Cc3ccccc3)(N3CCCCC3)CC2)CC1C(C)=O. The molecule has 34 heavy (non-hydrogen) atoms. The molecule has 188 valence electrons. The molecule has 0 aromatic heterocycles. The van der Waals surface area contributed by atoms with Crippen molar-refractivity contribution in [2.45, 2.75) is 88.4 Å². The van der Waals surface area contributed by atoms with Gasteiger partial charge in [-0.1, -0.05) is 36.8 Å². The van der Waals surface area contributed by atoms with Crippen molar-refractivity contribution in [3.63, 3.8) is 0 Å². The summed E-state index contributed by atoms with van der Waals surface area (Å²) in [5.74, 6) is 0.365. The van der Waals surface area contributed by atoms with Crippen molar-refractivity contribution in [3.8, 4) is 0 Å². The van der Waals surface area contributed by atoms with Gasteiger partial charge in [0.15, 0.2) is 0 Å². The first kappa shape index (κ1) is 25.3. The molecule has 4 rings (SSSR count). The molecule has 6 nitrogen and oxygen atoms in total. The van der Waals surface area contributed by atoms with Crippen LogP contribution in [0.5, 0.6) is 0 Å². The van der Waals surface area contributed by atoms with Crippen molar-refractivity contribution < 1.29 is 9.59 Å². The zero-order chi connectivity index (χ0) is 24.2. The lowest BCUT2D eigenvalue weighted by Crippen LogP contribution is -2.73. The topological polar surface area (TPSA) is 73.5 Å². The highest BCUT2D eigenvalue weighted by Crippen LogP contribution is 2.45. The molecule has 6 heteroatoms. The number of nitrogens with zero attached hydrogens (tertiary/aromatic N) is 1. The van der Waals surface area contributed by atoms with E-state index in [2.05, 4.69) is 51.2 Å².